The Labute approximate surface area is 369 Å². The zero-order valence-corrected chi connectivity index (χ0v) is 37.0. The second-order valence-electron chi connectivity index (χ2n) is 16.8. The molecule has 1 heterocycles. The summed E-state index contributed by atoms with van der Waals surface area (Å²) in [7, 11) is 0. The van der Waals surface area contributed by atoms with Crippen LogP contribution in [0.25, 0.3) is 12.2 Å². The molecule has 0 saturated heterocycles. The van der Waals surface area contributed by atoms with Crippen LogP contribution in [0.4, 0.5) is 21.0 Å². The summed E-state index contributed by atoms with van der Waals surface area (Å²) in [5.74, 6) is -2.16. The smallest absolute Gasteiger partial charge is 0.407 e. The molecule has 0 aliphatic carbocycles. The summed E-state index contributed by atoms with van der Waals surface area (Å²) in [6.45, 7) is 12.0. The maximum Gasteiger partial charge on any atom is 0.407 e. The molecule has 0 fully saturated rings. The molecule has 3 aromatic rings. The van der Waals surface area contributed by atoms with E-state index in [1.54, 1.807) is 43.0 Å². The Morgan fingerprint density at radius 2 is 1.29 bits per heavy atom. The van der Waals surface area contributed by atoms with Crippen LogP contribution < -0.4 is 36.8 Å². The summed E-state index contributed by atoms with van der Waals surface area (Å²) in [5, 5.41) is 16.0. The van der Waals surface area contributed by atoms with E-state index in [0.717, 1.165) is 22.4 Å². The number of para-hydroxylation sites is 1. The van der Waals surface area contributed by atoms with Crippen LogP contribution in [-0.2, 0) is 46.6 Å². The average Bonchev–Trinajstić information content (AvgIpc) is 3.23. The minimum Gasteiger partial charge on any atom is -0.449 e. The van der Waals surface area contributed by atoms with E-state index in [9.17, 15) is 33.6 Å². The number of alkyl carbamates (subject to hydrolysis) is 2. The molecule has 1 aliphatic rings. The quantitative estimate of drug-likeness (QED) is 0.0819. The van der Waals surface area contributed by atoms with Crippen LogP contribution in [-0.4, -0.2) is 80.0 Å². The van der Waals surface area contributed by atoms with Crippen LogP contribution in [0.3, 0.4) is 0 Å². The van der Waals surface area contributed by atoms with Crippen molar-refractivity contribution in [3.05, 3.63) is 95.1 Å². The first-order valence-corrected chi connectivity index (χ1v) is 21.2. The van der Waals surface area contributed by atoms with E-state index in [1.165, 1.54) is 6.92 Å². The number of anilines is 2. The van der Waals surface area contributed by atoms with Gasteiger partial charge in [-0.2, -0.15) is 0 Å². The molecule has 63 heavy (non-hydrogen) atoms. The molecule has 0 bridgehead atoms. The Kier molecular flexibility index (Phi) is 18.7. The standard InChI is InChI=1S/C47H61N7O9/c1-31(2)42(44(59)51-32(3)43(58)52-37-22-18-33(19-23-37)29-62-45(60)49-26-27-50-46(61)63-30-47(4,5)6)53-40(56)17-11-16-39(55)48-25-24-41(57)54-28-36-14-8-7-12-34(36)20-21-35-13-9-10-15-38(35)54/h7-10,12-15,18-23,31-32,42H,11,16-17,24-30H2,1-6H3,(H,48,55)(H,49,60)(H,50,61)(H,51,59)(H,52,58)(H,53,56)/b21-20-/t32-,42-/m0/s1. The van der Waals surface area contributed by atoms with Gasteiger partial charge in [0.05, 0.1) is 18.8 Å². The van der Waals surface area contributed by atoms with Gasteiger partial charge in [-0.3, -0.25) is 24.0 Å². The number of ether oxygens (including phenoxy) is 2. The van der Waals surface area contributed by atoms with Crippen molar-refractivity contribution in [3.8, 4) is 0 Å². The van der Waals surface area contributed by atoms with Crippen molar-refractivity contribution in [2.45, 2.75) is 92.5 Å². The van der Waals surface area contributed by atoms with Crippen molar-refractivity contribution in [1.82, 2.24) is 26.6 Å². The zero-order chi connectivity index (χ0) is 45.9. The van der Waals surface area contributed by atoms with E-state index < -0.39 is 42.0 Å². The van der Waals surface area contributed by atoms with Crippen molar-refractivity contribution in [1.29, 1.82) is 0 Å². The number of benzene rings is 3. The van der Waals surface area contributed by atoms with Crippen LogP contribution in [0.15, 0.2) is 72.8 Å². The molecular formula is C47H61N7O9. The number of nitrogens with one attached hydrogen (secondary N) is 6. The van der Waals surface area contributed by atoms with Crippen LogP contribution in [0, 0.1) is 11.3 Å². The highest BCUT2D eigenvalue weighted by Gasteiger charge is 2.27. The minimum atomic E-state index is -0.945. The molecule has 1 aliphatic heterocycles. The van der Waals surface area contributed by atoms with Gasteiger partial charge in [0.15, 0.2) is 0 Å². The lowest BCUT2D eigenvalue weighted by Gasteiger charge is -2.27. The lowest BCUT2D eigenvalue weighted by molar-refractivity contribution is -0.132. The minimum absolute atomic E-state index is 0.00438. The maximum atomic E-state index is 13.5. The molecule has 338 valence electrons. The molecule has 6 N–H and O–H groups in total. The molecule has 0 saturated carbocycles. The van der Waals surface area contributed by atoms with Crippen LogP contribution in [0.5, 0.6) is 0 Å². The SMILES string of the molecule is CC(C)[C@H](NC(=O)CCCC(=O)NCCC(=O)N1Cc2ccccc2/C=C\c2ccccc21)C(=O)N[C@@H](C)C(=O)Nc1ccc(COC(=O)NCCNC(=O)OCC(C)(C)C)cc1. The van der Waals surface area contributed by atoms with E-state index in [-0.39, 0.29) is 81.7 Å². The first-order valence-electron chi connectivity index (χ1n) is 21.2. The highest BCUT2D eigenvalue weighted by Crippen LogP contribution is 2.29. The zero-order valence-electron chi connectivity index (χ0n) is 37.0. The van der Waals surface area contributed by atoms with Gasteiger partial charge in [-0.15, -0.1) is 0 Å². The molecule has 16 heteroatoms. The summed E-state index contributed by atoms with van der Waals surface area (Å²) in [5.41, 5.74) is 4.73. The van der Waals surface area contributed by atoms with Crippen molar-refractivity contribution >= 4 is 65.2 Å². The Hall–Kier alpha value is -6.71. The predicted molar refractivity (Wildman–Crippen MR) is 241 cm³/mol. The summed E-state index contributed by atoms with van der Waals surface area (Å²) in [6, 6.07) is 20.3. The average molecular weight is 868 g/mol. The second-order valence-corrected chi connectivity index (χ2v) is 16.8. The molecule has 0 spiro atoms. The second kappa shape index (κ2) is 24.1. The van der Waals surface area contributed by atoms with E-state index in [2.05, 4.69) is 31.9 Å². The van der Waals surface area contributed by atoms with Crippen molar-refractivity contribution in [2.24, 2.45) is 11.3 Å². The number of carbonyl (C=O) groups is 7. The topological polar surface area (TPSA) is 213 Å². The van der Waals surface area contributed by atoms with E-state index in [4.69, 9.17) is 9.47 Å². The Morgan fingerprint density at radius 3 is 1.97 bits per heavy atom. The highest BCUT2D eigenvalue weighted by molar-refractivity contribution is 5.99. The number of hydrogen-bond donors (Lipinski definition) is 6. The molecule has 2 atom stereocenters. The van der Waals surface area contributed by atoms with Gasteiger partial charge in [-0.1, -0.05) is 101 Å². The number of rotatable bonds is 19. The normalized spacial score (nSPS) is 13.3. The van der Waals surface area contributed by atoms with Gasteiger partial charge in [0.25, 0.3) is 0 Å². The van der Waals surface area contributed by atoms with Gasteiger partial charge in [0, 0.05) is 44.6 Å². The molecule has 0 unspecified atom stereocenters. The third-order valence-electron chi connectivity index (χ3n) is 9.73. The lowest BCUT2D eigenvalue weighted by atomic mass is 9.99. The molecule has 3 aromatic carbocycles. The number of carbonyl (C=O) groups excluding carboxylic acids is 7. The van der Waals surface area contributed by atoms with E-state index in [0.29, 0.717) is 17.8 Å². The maximum absolute atomic E-state index is 13.5. The van der Waals surface area contributed by atoms with Gasteiger partial charge < -0.3 is 46.3 Å². The van der Waals surface area contributed by atoms with Gasteiger partial charge >= 0.3 is 12.2 Å². The van der Waals surface area contributed by atoms with E-state index >= 15 is 0 Å². The van der Waals surface area contributed by atoms with Gasteiger partial charge in [-0.25, -0.2) is 9.59 Å². The molecule has 7 amide bonds. The summed E-state index contributed by atoms with van der Waals surface area (Å²) < 4.78 is 10.3. The fraction of sp³-hybridized carbons (Fsp3) is 0.426. The van der Waals surface area contributed by atoms with Crippen LogP contribution in [0.1, 0.15) is 89.5 Å². The molecule has 0 aromatic heterocycles. The third kappa shape index (κ3) is 16.9. The Bertz CT molecular complexity index is 2100. The predicted octanol–water partition coefficient (Wildman–Crippen LogP) is 5.66. The number of amides is 7. The molecule has 16 nitrogen and oxygen atoms in total. The summed E-state index contributed by atoms with van der Waals surface area (Å²) in [4.78, 5) is 90.6. The van der Waals surface area contributed by atoms with Crippen molar-refractivity contribution in [2.75, 3.05) is 36.5 Å². The summed E-state index contributed by atoms with van der Waals surface area (Å²) in [6.07, 6.45) is 3.18. The first kappa shape index (κ1) is 49.0. The van der Waals surface area contributed by atoms with Gasteiger partial charge in [-0.05, 0) is 65.1 Å². The monoisotopic (exact) mass is 867 g/mol. The van der Waals surface area contributed by atoms with Gasteiger partial charge in [0.2, 0.25) is 29.5 Å². The molecule has 0 radical (unpaired) electrons. The largest absolute Gasteiger partial charge is 0.449 e. The van der Waals surface area contributed by atoms with Crippen LogP contribution >= 0.6 is 0 Å². The number of hydrogen-bond acceptors (Lipinski definition) is 9. The number of nitrogens with zero attached hydrogens (tertiary/aromatic N) is 1. The fourth-order valence-electron chi connectivity index (χ4n) is 6.26. The lowest BCUT2D eigenvalue weighted by Crippen LogP contribution is -2.53. The van der Waals surface area contributed by atoms with Gasteiger partial charge in [0.1, 0.15) is 18.7 Å². The molecule has 4 rings (SSSR count). The fourth-order valence-corrected chi connectivity index (χ4v) is 6.26. The van der Waals surface area contributed by atoms with Crippen molar-refractivity contribution in [3.63, 3.8) is 0 Å². The van der Waals surface area contributed by atoms with E-state index in [1.807, 2.05) is 81.5 Å². The Morgan fingerprint density at radius 1 is 0.667 bits per heavy atom. The van der Waals surface area contributed by atoms with Crippen molar-refractivity contribution < 1.29 is 43.0 Å². The third-order valence-corrected chi connectivity index (χ3v) is 9.73. The highest BCUT2D eigenvalue weighted by atomic mass is 16.6. The summed E-state index contributed by atoms with van der Waals surface area (Å²) >= 11 is 0. The first-order chi connectivity index (χ1) is 30.0. The number of fused-ring (bicyclic) bond motifs is 2. The molecular weight excluding hydrogens is 807 g/mol. The Balaban J connectivity index is 1.12. The van der Waals surface area contributed by atoms with Crippen LogP contribution in [0.2, 0.25) is 0 Å².